The van der Waals surface area contributed by atoms with E-state index in [4.69, 9.17) is 23.1 Å². The second-order valence-electron chi connectivity index (χ2n) is 3.40. The van der Waals surface area contributed by atoms with Crippen molar-refractivity contribution in [3.8, 4) is 0 Å². The molecule has 0 atom stereocenters. The van der Waals surface area contributed by atoms with Crippen molar-refractivity contribution in [3.05, 3.63) is 0 Å². The standard InChI is InChI=1S/C10H24O5Si/c1-5-7-8-13-14-10-15-16(11-3,12-4)9-6-2/h5-10H2,1-4H3. The molecule has 6 heteroatoms. The zero-order valence-corrected chi connectivity index (χ0v) is 11.8. The molecule has 0 spiro atoms. The molecule has 0 aliphatic rings. The fraction of sp³-hybridized carbons (Fsp3) is 1.00. The van der Waals surface area contributed by atoms with Crippen LogP contribution in [0.25, 0.3) is 0 Å². The molecule has 0 saturated carbocycles. The predicted octanol–water partition coefficient (Wildman–Crippen LogP) is 2.35. The summed E-state index contributed by atoms with van der Waals surface area (Å²) in [5, 5.41) is 0. The summed E-state index contributed by atoms with van der Waals surface area (Å²) in [5.41, 5.74) is 0. The van der Waals surface area contributed by atoms with E-state index in [9.17, 15) is 0 Å². The molecule has 0 saturated heterocycles. The molecule has 0 amide bonds. The molecule has 0 fully saturated rings. The van der Waals surface area contributed by atoms with Crippen LogP contribution in [0.2, 0.25) is 6.04 Å². The van der Waals surface area contributed by atoms with E-state index in [2.05, 4.69) is 13.8 Å². The summed E-state index contributed by atoms with van der Waals surface area (Å²) in [5.74, 6) is 0. The van der Waals surface area contributed by atoms with Crippen molar-refractivity contribution in [2.75, 3.05) is 27.6 Å². The van der Waals surface area contributed by atoms with Gasteiger partial charge in [0.05, 0.1) is 6.61 Å². The molecule has 0 rings (SSSR count). The topological polar surface area (TPSA) is 46.2 Å². The van der Waals surface area contributed by atoms with E-state index < -0.39 is 8.80 Å². The Balaban J connectivity index is 3.67. The smallest absolute Gasteiger partial charge is 0.377 e. The molecule has 0 bridgehead atoms. The first-order valence-electron chi connectivity index (χ1n) is 5.73. The Kier molecular flexibility index (Phi) is 10.2. The summed E-state index contributed by atoms with van der Waals surface area (Å²) in [6, 6.07) is 0.776. The highest BCUT2D eigenvalue weighted by Crippen LogP contribution is 2.15. The van der Waals surface area contributed by atoms with Gasteiger partial charge in [-0.1, -0.05) is 26.7 Å². The highest BCUT2D eigenvalue weighted by molar-refractivity contribution is 6.60. The summed E-state index contributed by atoms with van der Waals surface area (Å²) in [7, 11) is 0.684. The van der Waals surface area contributed by atoms with Crippen molar-refractivity contribution < 1.29 is 23.1 Å². The first-order valence-corrected chi connectivity index (χ1v) is 7.66. The maximum atomic E-state index is 5.50. The lowest BCUT2D eigenvalue weighted by molar-refractivity contribution is -0.328. The third-order valence-corrected chi connectivity index (χ3v) is 5.08. The van der Waals surface area contributed by atoms with Crippen molar-refractivity contribution in [3.63, 3.8) is 0 Å². The van der Waals surface area contributed by atoms with Crippen molar-refractivity contribution >= 4 is 8.80 Å². The molecule has 0 unspecified atom stereocenters. The summed E-state index contributed by atoms with van der Waals surface area (Å²) in [6.07, 6.45) is 3.01. The van der Waals surface area contributed by atoms with Crippen LogP contribution in [0.4, 0.5) is 0 Å². The summed E-state index contributed by atoms with van der Waals surface area (Å²) >= 11 is 0. The highest BCUT2D eigenvalue weighted by Gasteiger charge is 2.38. The Bertz CT molecular complexity index is 152. The Morgan fingerprint density at radius 1 is 0.938 bits per heavy atom. The molecular formula is C10H24O5Si. The maximum Gasteiger partial charge on any atom is 0.502 e. The van der Waals surface area contributed by atoms with Crippen molar-refractivity contribution in [2.24, 2.45) is 0 Å². The SMILES string of the molecule is CCCCOOCO[Si](CCC)(OC)OC. The first-order chi connectivity index (χ1) is 7.74. The molecule has 0 radical (unpaired) electrons. The normalized spacial score (nSPS) is 12.0. The molecule has 98 valence electrons. The van der Waals surface area contributed by atoms with E-state index in [1.807, 2.05) is 0 Å². The van der Waals surface area contributed by atoms with Crippen LogP contribution in [-0.4, -0.2) is 36.4 Å². The van der Waals surface area contributed by atoms with Crippen LogP contribution in [0.15, 0.2) is 0 Å². The third-order valence-electron chi connectivity index (χ3n) is 2.17. The summed E-state index contributed by atoms with van der Waals surface area (Å²) < 4.78 is 16.1. The van der Waals surface area contributed by atoms with Gasteiger partial charge in [0, 0.05) is 20.3 Å². The molecule has 0 N–H and O–H groups in total. The zero-order chi connectivity index (χ0) is 12.3. The quantitative estimate of drug-likeness (QED) is 0.186. The third kappa shape index (κ3) is 6.57. The molecule has 0 aromatic heterocycles. The van der Waals surface area contributed by atoms with Gasteiger partial charge in [-0.15, -0.1) is 0 Å². The van der Waals surface area contributed by atoms with Gasteiger partial charge >= 0.3 is 8.80 Å². The van der Waals surface area contributed by atoms with Gasteiger partial charge in [0.15, 0.2) is 6.79 Å². The summed E-state index contributed by atoms with van der Waals surface area (Å²) in [6.45, 7) is 4.79. The Morgan fingerprint density at radius 3 is 2.12 bits per heavy atom. The molecule has 0 aliphatic carbocycles. The van der Waals surface area contributed by atoms with Gasteiger partial charge in [-0.2, -0.15) is 0 Å². The zero-order valence-electron chi connectivity index (χ0n) is 10.8. The van der Waals surface area contributed by atoms with Crippen LogP contribution in [0, 0.1) is 0 Å². The molecular weight excluding hydrogens is 228 g/mol. The molecule has 0 heterocycles. The Hall–Kier alpha value is 0.0169. The minimum atomic E-state index is -2.52. The monoisotopic (exact) mass is 252 g/mol. The first kappa shape index (κ1) is 16.0. The lowest BCUT2D eigenvalue weighted by Crippen LogP contribution is -2.44. The van der Waals surface area contributed by atoms with Crippen LogP contribution in [-0.2, 0) is 23.1 Å². The molecule has 5 nitrogen and oxygen atoms in total. The van der Waals surface area contributed by atoms with E-state index in [0.29, 0.717) is 6.61 Å². The molecule has 16 heavy (non-hydrogen) atoms. The average Bonchev–Trinajstić information content (AvgIpc) is 2.32. The number of unbranched alkanes of at least 4 members (excludes halogenated alkanes) is 1. The number of hydrogen-bond donors (Lipinski definition) is 0. The minimum Gasteiger partial charge on any atom is -0.377 e. The van der Waals surface area contributed by atoms with Gasteiger partial charge in [-0.3, -0.25) is 0 Å². The van der Waals surface area contributed by atoms with Gasteiger partial charge in [0.2, 0.25) is 0 Å². The number of rotatable bonds is 11. The minimum absolute atomic E-state index is 0.0532. The lowest BCUT2D eigenvalue weighted by Gasteiger charge is -2.25. The van der Waals surface area contributed by atoms with Gasteiger partial charge in [0.25, 0.3) is 0 Å². The highest BCUT2D eigenvalue weighted by atomic mass is 28.4. The van der Waals surface area contributed by atoms with E-state index in [1.165, 1.54) is 0 Å². The van der Waals surface area contributed by atoms with Crippen molar-refractivity contribution in [1.82, 2.24) is 0 Å². The molecule has 0 aromatic rings. The second kappa shape index (κ2) is 10.2. The van der Waals surface area contributed by atoms with E-state index in [1.54, 1.807) is 14.2 Å². The Morgan fingerprint density at radius 2 is 1.62 bits per heavy atom. The average molecular weight is 252 g/mol. The van der Waals surface area contributed by atoms with Crippen LogP contribution in [0.3, 0.4) is 0 Å². The van der Waals surface area contributed by atoms with Crippen LogP contribution in [0.1, 0.15) is 33.1 Å². The Labute approximate surface area is 99.3 Å². The van der Waals surface area contributed by atoms with E-state index in [0.717, 1.165) is 25.3 Å². The second-order valence-corrected chi connectivity index (χ2v) is 6.37. The number of hydrogen-bond acceptors (Lipinski definition) is 5. The fourth-order valence-corrected chi connectivity index (χ4v) is 2.99. The van der Waals surface area contributed by atoms with E-state index in [-0.39, 0.29) is 6.79 Å². The molecule has 0 aromatic carbocycles. The largest absolute Gasteiger partial charge is 0.502 e. The van der Waals surface area contributed by atoms with Gasteiger partial charge < -0.3 is 13.3 Å². The maximum absolute atomic E-state index is 5.50. The van der Waals surface area contributed by atoms with Crippen LogP contribution >= 0.6 is 0 Å². The predicted molar refractivity (Wildman–Crippen MR) is 62.8 cm³/mol. The van der Waals surface area contributed by atoms with Crippen LogP contribution < -0.4 is 0 Å². The fourth-order valence-electron chi connectivity index (χ4n) is 1.19. The summed E-state index contributed by atoms with van der Waals surface area (Å²) in [4.78, 5) is 9.82. The van der Waals surface area contributed by atoms with Gasteiger partial charge in [-0.25, -0.2) is 9.78 Å². The van der Waals surface area contributed by atoms with Gasteiger partial charge in [0.1, 0.15) is 0 Å². The van der Waals surface area contributed by atoms with Crippen LogP contribution in [0.5, 0.6) is 0 Å². The van der Waals surface area contributed by atoms with E-state index >= 15 is 0 Å². The van der Waals surface area contributed by atoms with Crippen molar-refractivity contribution in [2.45, 2.75) is 39.2 Å². The van der Waals surface area contributed by atoms with Gasteiger partial charge in [-0.05, 0) is 6.42 Å². The van der Waals surface area contributed by atoms with Crippen molar-refractivity contribution in [1.29, 1.82) is 0 Å². The lowest BCUT2D eigenvalue weighted by atomic mass is 10.4. The molecule has 0 aliphatic heterocycles.